The summed E-state index contributed by atoms with van der Waals surface area (Å²) >= 11 is 0. The SMILES string of the molecule is COCc1cc2cc(c1)C(=O)N[C@H]([C@H](O)CNC1(c3cc(C(C)(C)C)ccn3)CC1)Cc1cccc(c1)OCCCCN2. The smallest absolute Gasteiger partial charge is 0.251 e. The van der Waals surface area contributed by atoms with Gasteiger partial charge in [-0.15, -0.1) is 0 Å². The first kappa shape index (κ1) is 31.0. The molecule has 4 N–H and O–H groups in total. The summed E-state index contributed by atoms with van der Waals surface area (Å²) in [5.41, 5.74) is 5.32. The van der Waals surface area contributed by atoms with Crippen molar-refractivity contribution in [3.05, 3.63) is 88.7 Å². The number of fused-ring (bicyclic) bond motifs is 4. The number of benzene rings is 2. The first-order valence-corrected chi connectivity index (χ1v) is 15.4. The number of nitrogens with zero attached hydrogens (tertiary/aromatic N) is 1. The fourth-order valence-corrected chi connectivity index (χ4v) is 5.63. The molecule has 4 bridgehead atoms. The molecule has 2 heterocycles. The molecule has 8 heteroatoms. The average Bonchev–Trinajstić information content (AvgIpc) is 3.78. The summed E-state index contributed by atoms with van der Waals surface area (Å²) in [6.45, 7) is 8.71. The Balaban J connectivity index is 1.38. The van der Waals surface area contributed by atoms with E-state index in [1.54, 1.807) is 7.11 Å². The maximum Gasteiger partial charge on any atom is 0.251 e. The molecule has 1 aliphatic heterocycles. The van der Waals surface area contributed by atoms with E-state index in [0.717, 1.165) is 60.5 Å². The zero-order valence-corrected chi connectivity index (χ0v) is 25.9. The van der Waals surface area contributed by atoms with Crippen molar-refractivity contribution in [2.45, 2.75) is 82.6 Å². The van der Waals surface area contributed by atoms with Crippen molar-refractivity contribution < 1.29 is 19.4 Å². The van der Waals surface area contributed by atoms with Crippen LogP contribution in [-0.4, -0.2) is 54.9 Å². The lowest BCUT2D eigenvalue weighted by Crippen LogP contribution is -2.50. The van der Waals surface area contributed by atoms with Crippen molar-refractivity contribution in [1.29, 1.82) is 0 Å². The zero-order valence-electron chi connectivity index (χ0n) is 25.9. The lowest BCUT2D eigenvalue weighted by Gasteiger charge is -2.28. The van der Waals surface area contributed by atoms with Crippen molar-refractivity contribution in [3.8, 4) is 5.75 Å². The van der Waals surface area contributed by atoms with Gasteiger partial charge in [0.25, 0.3) is 5.91 Å². The normalized spacial score (nSPS) is 19.5. The number of aliphatic hydroxyl groups is 1. The summed E-state index contributed by atoms with van der Waals surface area (Å²) in [6.07, 6.45) is 5.26. The summed E-state index contributed by atoms with van der Waals surface area (Å²) in [6, 6.07) is 17.4. The summed E-state index contributed by atoms with van der Waals surface area (Å²) < 4.78 is 11.4. The van der Waals surface area contributed by atoms with E-state index in [4.69, 9.17) is 14.5 Å². The van der Waals surface area contributed by atoms with Crippen LogP contribution in [0.25, 0.3) is 0 Å². The molecule has 230 valence electrons. The molecule has 0 radical (unpaired) electrons. The molecule has 1 aromatic heterocycles. The molecule has 5 rings (SSSR count). The van der Waals surface area contributed by atoms with Crippen LogP contribution in [0.15, 0.2) is 60.8 Å². The minimum absolute atomic E-state index is 0.0233. The Hall–Kier alpha value is -3.46. The predicted octanol–water partition coefficient (Wildman–Crippen LogP) is 5.09. The number of amides is 1. The third kappa shape index (κ3) is 8.13. The third-order valence-electron chi connectivity index (χ3n) is 8.39. The maximum absolute atomic E-state index is 13.7. The molecule has 0 spiro atoms. The highest BCUT2D eigenvalue weighted by Gasteiger charge is 2.46. The molecule has 1 saturated carbocycles. The third-order valence-corrected chi connectivity index (χ3v) is 8.39. The van der Waals surface area contributed by atoms with Gasteiger partial charge in [0.2, 0.25) is 0 Å². The second-order valence-corrected chi connectivity index (χ2v) is 13.0. The van der Waals surface area contributed by atoms with Gasteiger partial charge in [-0.25, -0.2) is 0 Å². The molecule has 3 aromatic rings. The van der Waals surface area contributed by atoms with Gasteiger partial charge in [0.1, 0.15) is 5.75 Å². The molecule has 1 aliphatic carbocycles. The van der Waals surface area contributed by atoms with Crippen LogP contribution in [-0.2, 0) is 28.7 Å². The molecule has 0 saturated heterocycles. The molecule has 1 amide bonds. The van der Waals surface area contributed by atoms with E-state index in [-0.39, 0.29) is 16.9 Å². The Morgan fingerprint density at radius 3 is 2.74 bits per heavy atom. The van der Waals surface area contributed by atoms with Crippen molar-refractivity contribution in [2.75, 3.05) is 32.1 Å². The molecule has 43 heavy (non-hydrogen) atoms. The van der Waals surface area contributed by atoms with E-state index in [9.17, 15) is 9.90 Å². The summed E-state index contributed by atoms with van der Waals surface area (Å²) in [7, 11) is 1.65. The quantitative estimate of drug-likeness (QED) is 0.306. The molecular formula is C35H46N4O4. The minimum Gasteiger partial charge on any atom is -0.494 e. The predicted molar refractivity (Wildman–Crippen MR) is 170 cm³/mol. The number of methoxy groups -OCH3 is 1. The van der Waals surface area contributed by atoms with Crippen LogP contribution in [0.1, 0.15) is 79.2 Å². The monoisotopic (exact) mass is 586 g/mol. The van der Waals surface area contributed by atoms with E-state index in [1.165, 1.54) is 5.56 Å². The summed E-state index contributed by atoms with van der Waals surface area (Å²) in [4.78, 5) is 18.4. The van der Waals surface area contributed by atoms with Gasteiger partial charge in [-0.1, -0.05) is 32.9 Å². The van der Waals surface area contributed by atoms with Crippen LogP contribution in [0.5, 0.6) is 5.75 Å². The van der Waals surface area contributed by atoms with Gasteiger partial charge >= 0.3 is 0 Å². The Bertz CT molecular complexity index is 1400. The molecule has 2 atom stereocenters. The summed E-state index contributed by atoms with van der Waals surface area (Å²) in [5.74, 6) is 0.566. The Morgan fingerprint density at radius 1 is 1.14 bits per heavy atom. The highest BCUT2D eigenvalue weighted by molar-refractivity contribution is 5.95. The van der Waals surface area contributed by atoms with Crippen molar-refractivity contribution in [3.63, 3.8) is 0 Å². The number of ether oxygens (including phenoxy) is 2. The molecule has 0 unspecified atom stereocenters. The fourth-order valence-electron chi connectivity index (χ4n) is 5.63. The average molecular weight is 587 g/mol. The Morgan fingerprint density at radius 2 is 1.98 bits per heavy atom. The van der Waals surface area contributed by atoms with Crippen LogP contribution < -0.4 is 20.7 Å². The van der Waals surface area contributed by atoms with Crippen LogP contribution >= 0.6 is 0 Å². The standard InChI is InChI=1S/C35H46N4O4/c1-34(2,3)27-10-14-37-32(21-27)35(11-12-35)38-22-31(40)30-19-24-8-7-9-29(18-24)43-15-6-5-13-36-28-17-25(23-42-4)16-26(20-28)33(41)39-30/h7-10,14,16-18,20-21,30-31,36,38,40H,5-6,11-13,15,19,22-23H2,1-4H3,(H,39,41)/t30-,31+/m0/s1. The number of hydrogen-bond donors (Lipinski definition) is 4. The highest BCUT2D eigenvalue weighted by Crippen LogP contribution is 2.45. The van der Waals surface area contributed by atoms with Crippen LogP contribution in [0.2, 0.25) is 0 Å². The Kier molecular flexibility index (Phi) is 9.69. The summed E-state index contributed by atoms with van der Waals surface area (Å²) in [5, 5.41) is 21.8. The lowest BCUT2D eigenvalue weighted by molar-refractivity contribution is 0.0821. The van der Waals surface area contributed by atoms with Crippen molar-refractivity contribution >= 4 is 11.6 Å². The molecule has 1 fully saturated rings. The van der Waals surface area contributed by atoms with Gasteiger partial charge in [0, 0.05) is 37.6 Å². The first-order chi connectivity index (χ1) is 20.6. The topological polar surface area (TPSA) is 105 Å². The first-order valence-electron chi connectivity index (χ1n) is 15.4. The van der Waals surface area contributed by atoms with Gasteiger partial charge in [0.05, 0.1) is 36.6 Å². The largest absolute Gasteiger partial charge is 0.494 e. The van der Waals surface area contributed by atoms with Crippen LogP contribution in [0.4, 0.5) is 5.69 Å². The highest BCUT2D eigenvalue weighted by atomic mass is 16.5. The van der Waals surface area contributed by atoms with E-state index < -0.39 is 12.1 Å². The maximum atomic E-state index is 13.7. The molecular weight excluding hydrogens is 540 g/mol. The van der Waals surface area contributed by atoms with Crippen LogP contribution in [0.3, 0.4) is 0 Å². The number of carbonyl (C=O) groups is 1. The van der Waals surface area contributed by atoms with Gasteiger partial charge in [-0.05, 0) is 96.7 Å². The number of carbonyl (C=O) groups excluding carboxylic acids is 1. The second-order valence-electron chi connectivity index (χ2n) is 13.0. The van der Waals surface area contributed by atoms with E-state index >= 15 is 0 Å². The second kappa shape index (κ2) is 13.5. The van der Waals surface area contributed by atoms with Gasteiger partial charge in [-0.3, -0.25) is 9.78 Å². The number of aliphatic hydroxyl groups excluding tert-OH is 1. The number of nitrogens with one attached hydrogen (secondary N) is 3. The van der Waals surface area contributed by atoms with Gasteiger partial charge in [-0.2, -0.15) is 0 Å². The number of hydrogen-bond acceptors (Lipinski definition) is 7. The van der Waals surface area contributed by atoms with Crippen molar-refractivity contribution in [2.24, 2.45) is 0 Å². The number of anilines is 1. The zero-order chi connectivity index (χ0) is 30.5. The number of pyridine rings is 1. The molecule has 8 nitrogen and oxygen atoms in total. The Labute approximate surface area is 255 Å². The van der Waals surface area contributed by atoms with Gasteiger partial charge < -0.3 is 30.5 Å². The fraction of sp³-hybridized carbons (Fsp3) is 0.486. The molecule has 2 aromatic carbocycles. The van der Waals surface area contributed by atoms with E-state index in [0.29, 0.717) is 31.7 Å². The lowest BCUT2D eigenvalue weighted by atomic mass is 9.86. The minimum atomic E-state index is -0.838. The molecule has 2 aliphatic rings. The number of aromatic nitrogens is 1. The van der Waals surface area contributed by atoms with Crippen molar-refractivity contribution in [1.82, 2.24) is 15.6 Å². The van der Waals surface area contributed by atoms with E-state index in [1.807, 2.05) is 48.7 Å². The van der Waals surface area contributed by atoms with Gasteiger partial charge in [0.15, 0.2) is 0 Å². The van der Waals surface area contributed by atoms with Crippen LogP contribution in [0, 0.1) is 0 Å². The van der Waals surface area contributed by atoms with E-state index in [2.05, 4.69) is 48.9 Å². The number of rotatable bonds is 7.